The van der Waals surface area contributed by atoms with Gasteiger partial charge < -0.3 is 4.42 Å². The SMILES string of the molecule is CC(C)CN(Cn1nc(-c2ccc(C(C)(C)C)cc2)oc1=S)[C@H]1CCS(=O)(=O)C1. The number of rotatable bonds is 6. The Bertz CT molecular complexity index is 999. The zero-order chi connectivity index (χ0) is 21.4. The van der Waals surface area contributed by atoms with Gasteiger partial charge in [-0.25, -0.2) is 13.1 Å². The third kappa shape index (κ3) is 5.55. The molecule has 1 atom stereocenters. The van der Waals surface area contributed by atoms with Crippen LogP contribution in [0.15, 0.2) is 28.7 Å². The maximum atomic E-state index is 11.9. The minimum Gasteiger partial charge on any atom is -0.409 e. The fraction of sp³-hybridized carbons (Fsp3) is 0.619. The summed E-state index contributed by atoms with van der Waals surface area (Å²) in [5, 5.41) is 4.58. The minimum atomic E-state index is -2.95. The number of hydrogen-bond donors (Lipinski definition) is 0. The molecule has 8 heteroatoms. The predicted molar refractivity (Wildman–Crippen MR) is 118 cm³/mol. The number of sulfone groups is 1. The molecule has 0 spiro atoms. The molecule has 0 amide bonds. The van der Waals surface area contributed by atoms with Gasteiger partial charge in [0.25, 0.3) is 4.84 Å². The highest BCUT2D eigenvalue weighted by Crippen LogP contribution is 2.26. The van der Waals surface area contributed by atoms with Gasteiger partial charge in [0.2, 0.25) is 5.89 Å². The molecular weight excluding hydrogens is 406 g/mol. The summed E-state index contributed by atoms with van der Waals surface area (Å²) in [6, 6.07) is 8.17. The van der Waals surface area contributed by atoms with Crippen LogP contribution < -0.4 is 0 Å². The molecule has 2 aromatic rings. The first-order chi connectivity index (χ1) is 13.4. The van der Waals surface area contributed by atoms with Crippen molar-refractivity contribution in [3.8, 4) is 11.5 Å². The van der Waals surface area contributed by atoms with Crippen molar-refractivity contribution in [3.63, 3.8) is 0 Å². The van der Waals surface area contributed by atoms with Crippen LogP contribution in [0.3, 0.4) is 0 Å². The van der Waals surface area contributed by atoms with Crippen molar-refractivity contribution in [1.82, 2.24) is 14.7 Å². The van der Waals surface area contributed by atoms with E-state index in [1.54, 1.807) is 4.68 Å². The molecule has 0 unspecified atom stereocenters. The first kappa shape index (κ1) is 22.2. The molecule has 1 aliphatic heterocycles. The highest BCUT2D eigenvalue weighted by molar-refractivity contribution is 7.91. The second kappa shape index (κ2) is 8.32. The summed E-state index contributed by atoms with van der Waals surface area (Å²) >= 11 is 5.40. The van der Waals surface area contributed by atoms with Crippen molar-refractivity contribution in [2.45, 2.75) is 59.2 Å². The third-order valence-corrected chi connectivity index (χ3v) is 7.29. The summed E-state index contributed by atoms with van der Waals surface area (Å²) in [6.07, 6.45) is 0.654. The molecule has 2 heterocycles. The van der Waals surface area contributed by atoms with Crippen molar-refractivity contribution >= 4 is 22.1 Å². The topological polar surface area (TPSA) is 68.3 Å². The Hall–Kier alpha value is -1.51. The average Bonchev–Trinajstić information content (AvgIpc) is 3.16. The van der Waals surface area contributed by atoms with Crippen molar-refractivity contribution in [3.05, 3.63) is 34.7 Å². The van der Waals surface area contributed by atoms with Gasteiger partial charge in [-0.05, 0) is 47.7 Å². The fourth-order valence-corrected chi connectivity index (χ4v) is 5.59. The molecule has 0 radical (unpaired) electrons. The van der Waals surface area contributed by atoms with E-state index in [4.69, 9.17) is 16.6 Å². The number of hydrogen-bond acceptors (Lipinski definition) is 6. The van der Waals surface area contributed by atoms with Crippen LogP contribution in [0.1, 0.15) is 46.6 Å². The monoisotopic (exact) mass is 437 g/mol. The van der Waals surface area contributed by atoms with Gasteiger partial charge in [-0.3, -0.25) is 4.90 Å². The molecule has 29 heavy (non-hydrogen) atoms. The molecule has 160 valence electrons. The van der Waals surface area contributed by atoms with E-state index >= 15 is 0 Å². The Kier molecular flexibility index (Phi) is 6.36. The van der Waals surface area contributed by atoms with E-state index in [0.29, 0.717) is 29.7 Å². The molecule has 3 rings (SSSR count). The summed E-state index contributed by atoms with van der Waals surface area (Å²) in [5.41, 5.74) is 2.20. The van der Waals surface area contributed by atoms with Crippen molar-refractivity contribution in [2.75, 3.05) is 18.1 Å². The van der Waals surface area contributed by atoms with E-state index in [1.165, 1.54) is 5.56 Å². The van der Waals surface area contributed by atoms with Gasteiger partial charge in [-0.1, -0.05) is 46.8 Å². The molecule has 6 nitrogen and oxygen atoms in total. The number of aromatic nitrogens is 2. The zero-order valence-electron chi connectivity index (χ0n) is 17.9. The van der Waals surface area contributed by atoms with E-state index in [1.807, 2.05) is 12.1 Å². The minimum absolute atomic E-state index is 0.00415. The van der Waals surface area contributed by atoms with Gasteiger partial charge in [0, 0.05) is 18.2 Å². The van der Waals surface area contributed by atoms with Crippen LogP contribution in [0.5, 0.6) is 0 Å². The van der Waals surface area contributed by atoms with E-state index in [9.17, 15) is 8.42 Å². The average molecular weight is 438 g/mol. The van der Waals surface area contributed by atoms with Crippen molar-refractivity contribution in [1.29, 1.82) is 0 Å². The summed E-state index contributed by atoms with van der Waals surface area (Å²) in [7, 11) is -2.95. The van der Waals surface area contributed by atoms with E-state index in [0.717, 1.165) is 12.1 Å². The summed E-state index contributed by atoms with van der Waals surface area (Å²) < 4.78 is 31.3. The molecule has 1 aromatic heterocycles. The maximum absolute atomic E-state index is 11.9. The second-order valence-electron chi connectivity index (χ2n) is 9.36. The number of benzene rings is 1. The second-order valence-corrected chi connectivity index (χ2v) is 11.9. The molecule has 0 saturated carbocycles. The smallest absolute Gasteiger partial charge is 0.288 e. The van der Waals surface area contributed by atoms with Gasteiger partial charge in [-0.2, -0.15) is 0 Å². The fourth-order valence-electron chi connectivity index (χ4n) is 3.65. The van der Waals surface area contributed by atoms with Crippen LogP contribution in [0.4, 0.5) is 0 Å². The lowest BCUT2D eigenvalue weighted by molar-refractivity contribution is 0.136. The Labute approximate surface area is 178 Å². The first-order valence-corrected chi connectivity index (χ1v) is 12.3. The lowest BCUT2D eigenvalue weighted by Gasteiger charge is -2.29. The molecule has 1 aromatic carbocycles. The van der Waals surface area contributed by atoms with Gasteiger partial charge >= 0.3 is 0 Å². The molecule has 1 saturated heterocycles. The van der Waals surface area contributed by atoms with Crippen LogP contribution in [0.25, 0.3) is 11.5 Å². The lowest BCUT2D eigenvalue weighted by atomic mass is 9.87. The van der Waals surface area contributed by atoms with Crippen LogP contribution in [-0.4, -0.2) is 47.2 Å². The third-order valence-electron chi connectivity index (χ3n) is 5.24. The number of nitrogens with zero attached hydrogens (tertiary/aromatic N) is 3. The van der Waals surface area contributed by atoms with Crippen LogP contribution in [0.2, 0.25) is 0 Å². The molecule has 0 aliphatic carbocycles. The van der Waals surface area contributed by atoms with Gasteiger partial charge in [0.1, 0.15) is 0 Å². The quantitative estimate of drug-likeness (QED) is 0.629. The largest absolute Gasteiger partial charge is 0.409 e. The van der Waals surface area contributed by atoms with Gasteiger partial charge in [0.05, 0.1) is 18.2 Å². The predicted octanol–water partition coefficient (Wildman–Crippen LogP) is 4.27. The van der Waals surface area contributed by atoms with Crippen molar-refractivity contribution in [2.24, 2.45) is 5.92 Å². The molecule has 0 bridgehead atoms. The summed E-state index contributed by atoms with van der Waals surface area (Å²) in [6.45, 7) is 12.0. The van der Waals surface area contributed by atoms with Crippen molar-refractivity contribution < 1.29 is 12.8 Å². The standard InChI is InChI=1S/C21H31N3O3S2/c1-15(2)12-23(18-10-11-29(25,26)13-18)14-24-20(28)27-19(22-24)16-6-8-17(9-7-16)21(3,4)5/h6-9,15,18H,10-14H2,1-5H3/t18-/m0/s1. The van der Waals surface area contributed by atoms with E-state index in [-0.39, 0.29) is 23.0 Å². The van der Waals surface area contributed by atoms with E-state index in [2.05, 4.69) is 56.8 Å². The Balaban J connectivity index is 1.82. The Morgan fingerprint density at radius 3 is 2.45 bits per heavy atom. The molecular formula is C21H31N3O3S2. The molecule has 0 N–H and O–H groups in total. The van der Waals surface area contributed by atoms with E-state index < -0.39 is 9.84 Å². The highest BCUT2D eigenvalue weighted by Gasteiger charge is 2.33. The molecule has 1 aliphatic rings. The van der Waals surface area contributed by atoms with Crippen LogP contribution >= 0.6 is 12.2 Å². The lowest BCUT2D eigenvalue weighted by Crippen LogP contribution is -2.40. The van der Waals surface area contributed by atoms with Crippen LogP contribution in [0, 0.1) is 10.8 Å². The van der Waals surface area contributed by atoms with Gasteiger partial charge in [0.15, 0.2) is 9.84 Å². The highest BCUT2D eigenvalue weighted by atomic mass is 32.2. The summed E-state index contributed by atoms with van der Waals surface area (Å²) in [4.78, 5) is 2.47. The molecule has 1 fully saturated rings. The normalized spacial score (nSPS) is 19.3. The first-order valence-electron chi connectivity index (χ1n) is 10.1. The van der Waals surface area contributed by atoms with Crippen LogP contribution in [-0.2, 0) is 21.9 Å². The Morgan fingerprint density at radius 2 is 1.93 bits per heavy atom. The van der Waals surface area contributed by atoms with Gasteiger partial charge in [-0.15, -0.1) is 5.10 Å². The zero-order valence-corrected chi connectivity index (χ0v) is 19.5. The summed E-state index contributed by atoms with van der Waals surface area (Å²) in [5.74, 6) is 1.34. The Morgan fingerprint density at radius 1 is 1.28 bits per heavy atom. The maximum Gasteiger partial charge on any atom is 0.288 e.